The Morgan fingerprint density at radius 3 is 2.65 bits per heavy atom. The lowest BCUT2D eigenvalue weighted by atomic mass is 10.0. The van der Waals surface area contributed by atoms with Gasteiger partial charge in [0, 0.05) is 34.2 Å². The Balaban J connectivity index is 1.37. The summed E-state index contributed by atoms with van der Waals surface area (Å²) < 4.78 is 1.44. The van der Waals surface area contributed by atoms with Crippen molar-refractivity contribution in [3.05, 3.63) is 101 Å². The first-order valence-electron chi connectivity index (χ1n) is 11.9. The second-order valence-corrected chi connectivity index (χ2v) is 9.11. The first-order valence-corrected chi connectivity index (χ1v) is 12.3. The fourth-order valence-electron chi connectivity index (χ4n) is 4.07. The summed E-state index contributed by atoms with van der Waals surface area (Å²) in [7, 11) is 0. The van der Waals surface area contributed by atoms with Crippen LogP contribution in [0.25, 0.3) is 22.7 Å². The predicted octanol–water partition coefficient (Wildman–Crippen LogP) is 3.27. The molecule has 0 bridgehead atoms. The minimum Gasteiger partial charge on any atom is -0.476 e. The molecule has 0 aliphatic heterocycles. The molecule has 0 saturated heterocycles. The standard InChI is InChI=1S/C27H21ClN8O4/c28-18-7-10-23(36-15-29-34-35-36)17(13-18)6-11-24(37)31-22(12-16-4-2-1-3-5-16)26(38)30-19-8-9-21-20(14-19)25(27(39)40)33-32-21/h1-11,13-15,22H,12H2,(H,30,38)(H,31,37)(H,32,33)(H,39,40)/b11-6+/t22-/m0/s1. The fraction of sp³-hybridized carbons (Fsp3) is 0.0741. The molecule has 0 aliphatic rings. The van der Waals surface area contributed by atoms with Gasteiger partial charge >= 0.3 is 5.97 Å². The van der Waals surface area contributed by atoms with Crippen LogP contribution in [-0.4, -0.2) is 59.3 Å². The molecule has 4 N–H and O–H groups in total. The van der Waals surface area contributed by atoms with Gasteiger partial charge in [0.05, 0.1) is 11.2 Å². The van der Waals surface area contributed by atoms with Crippen LogP contribution >= 0.6 is 11.6 Å². The first kappa shape index (κ1) is 26.3. The van der Waals surface area contributed by atoms with E-state index in [2.05, 4.69) is 36.4 Å². The van der Waals surface area contributed by atoms with E-state index in [0.717, 1.165) is 5.56 Å². The van der Waals surface area contributed by atoms with Crippen molar-refractivity contribution in [3.63, 3.8) is 0 Å². The largest absolute Gasteiger partial charge is 0.476 e. The summed E-state index contributed by atoms with van der Waals surface area (Å²) in [6.45, 7) is 0. The Morgan fingerprint density at radius 2 is 1.90 bits per heavy atom. The van der Waals surface area contributed by atoms with Gasteiger partial charge in [-0.05, 0) is 58.5 Å². The van der Waals surface area contributed by atoms with Gasteiger partial charge in [0.1, 0.15) is 12.4 Å². The summed E-state index contributed by atoms with van der Waals surface area (Å²) in [4.78, 5) is 37.8. The van der Waals surface area contributed by atoms with Crippen molar-refractivity contribution in [1.82, 2.24) is 35.7 Å². The molecule has 5 rings (SSSR count). The predicted molar refractivity (Wildman–Crippen MR) is 147 cm³/mol. The highest BCUT2D eigenvalue weighted by Gasteiger charge is 2.22. The monoisotopic (exact) mass is 556 g/mol. The Hall–Kier alpha value is -5.36. The molecule has 13 heteroatoms. The Labute approximate surface area is 231 Å². The molecule has 40 heavy (non-hydrogen) atoms. The number of benzene rings is 3. The van der Waals surface area contributed by atoms with Gasteiger partial charge in [-0.2, -0.15) is 9.78 Å². The summed E-state index contributed by atoms with van der Waals surface area (Å²) in [6, 6.07) is 18.1. The highest BCUT2D eigenvalue weighted by Crippen LogP contribution is 2.22. The van der Waals surface area contributed by atoms with Crippen LogP contribution < -0.4 is 10.6 Å². The Kier molecular flexibility index (Phi) is 7.60. The van der Waals surface area contributed by atoms with Crippen molar-refractivity contribution >= 4 is 52.1 Å². The number of nitrogens with zero attached hydrogens (tertiary/aromatic N) is 5. The van der Waals surface area contributed by atoms with Gasteiger partial charge in [-0.3, -0.25) is 14.7 Å². The van der Waals surface area contributed by atoms with E-state index in [1.807, 2.05) is 30.3 Å². The maximum Gasteiger partial charge on any atom is 0.357 e. The third-order valence-corrected chi connectivity index (χ3v) is 6.18. The van der Waals surface area contributed by atoms with E-state index in [4.69, 9.17) is 11.6 Å². The minimum atomic E-state index is -1.20. The number of amides is 2. The number of carbonyl (C=O) groups is 3. The highest BCUT2D eigenvalue weighted by atomic mass is 35.5. The number of tetrazole rings is 1. The number of rotatable bonds is 9. The topological polar surface area (TPSA) is 168 Å². The molecule has 12 nitrogen and oxygen atoms in total. The number of aromatic carboxylic acids is 1. The van der Waals surface area contributed by atoms with Crippen molar-refractivity contribution < 1.29 is 19.5 Å². The summed E-state index contributed by atoms with van der Waals surface area (Å²) >= 11 is 6.16. The Morgan fingerprint density at radius 1 is 1.07 bits per heavy atom. The van der Waals surface area contributed by atoms with Gasteiger partial charge in [0.15, 0.2) is 5.69 Å². The molecule has 0 aliphatic carbocycles. The average Bonchev–Trinajstić information content (AvgIpc) is 3.62. The first-order chi connectivity index (χ1) is 19.4. The summed E-state index contributed by atoms with van der Waals surface area (Å²) in [5.74, 6) is -2.20. The smallest absolute Gasteiger partial charge is 0.357 e. The third-order valence-electron chi connectivity index (χ3n) is 5.95. The zero-order valence-corrected chi connectivity index (χ0v) is 21.4. The lowest BCUT2D eigenvalue weighted by molar-refractivity contribution is -0.123. The molecule has 0 spiro atoms. The molecule has 2 heterocycles. The van der Waals surface area contributed by atoms with Crippen molar-refractivity contribution in [3.8, 4) is 5.69 Å². The van der Waals surface area contributed by atoms with Gasteiger partial charge in [0.25, 0.3) is 0 Å². The number of fused-ring (bicyclic) bond motifs is 1. The number of carboxylic acid groups (broad SMARTS) is 1. The Bertz CT molecular complexity index is 1720. The summed E-state index contributed by atoms with van der Waals surface area (Å²) in [5.41, 5.74) is 2.73. The molecule has 0 fully saturated rings. The van der Waals surface area contributed by atoms with Crippen LogP contribution in [0.2, 0.25) is 5.02 Å². The van der Waals surface area contributed by atoms with Crippen LogP contribution in [-0.2, 0) is 16.0 Å². The van der Waals surface area contributed by atoms with Crippen molar-refractivity contribution in [2.75, 3.05) is 5.32 Å². The number of halogens is 1. The summed E-state index contributed by atoms with van der Waals surface area (Å²) in [5, 5.41) is 33.3. The third kappa shape index (κ3) is 6.03. The molecule has 0 saturated carbocycles. The lowest BCUT2D eigenvalue weighted by Gasteiger charge is -2.18. The number of aromatic amines is 1. The number of hydrogen-bond donors (Lipinski definition) is 4. The maximum absolute atomic E-state index is 13.3. The van der Waals surface area contributed by atoms with E-state index in [1.165, 1.54) is 23.2 Å². The van der Waals surface area contributed by atoms with E-state index >= 15 is 0 Å². The number of carbonyl (C=O) groups excluding carboxylic acids is 2. The molecular weight excluding hydrogens is 536 g/mol. The second-order valence-electron chi connectivity index (χ2n) is 8.67. The minimum absolute atomic E-state index is 0.160. The van der Waals surface area contributed by atoms with Crippen LogP contribution in [0, 0.1) is 0 Å². The molecule has 200 valence electrons. The molecule has 5 aromatic rings. The molecular formula is C27H21ClN8O4. The summed E-state index contributed by atoms with van der Waals surface area (Å²) in [6.07, 6.45) is 4.48. The number of nitrogens with one attached hydrogen (secondary N) is 3. The average molecular weight is 557 g/mol. The lowest BCUT2D eigenvalue weighted by Crippen LogP contribution is -2.44. The van der Waals surface area contributed by atoms with Crippen LogP contribution in [0.15, 0.2) is 79.1 Å². The highest BCUT2D eigenvalue weighted by molar-refractivity contribution is 6.30. The van der Waals surface area contributed by atoms with Gasteiger partial charge in [-0.1, -0.05) is 41.9 Å². The number of hydrogen-bond acceptors (Lipinski definition) is 7. The van der Waals surface area contributed by atoms with Crippen LogP contribution in [0.5, 0.6) is 0 Å². The molecule has 2 amide bonds. The molecule has 1 atom stereocenters. The van der Waals surface area contributed by atoms with Crippen molar-refractivity contribution in [2.45, 2.75) is 12.5 Å². The van der Waals surface area contributed by atoms with Crippen molar-refractivity contribution in [1.29, 1.82) is 0 Å². The number of H-pyrrole nitrogens is 1. The molecule has 3 aromatic carbocycles. The normalized spacial score (nSPS) is 11.9. The van der Waals surface area contributed by atoms with Gasteiger partial charge in [0.2, 0.25) is 11.8 Å². The molecule has 0 radical (unpaired) electrons. The number of anilines is 1. The molecule has 0 unspecified atom stereocenters. The van der Waals surface area contributed by atoms with Crippen LogP contribution in [0.1, 0.15) is 21.6 Å². The zero-order chi connectivity index (χ0) is 28.1. The van der Waals surface area contributed by atoms with Gasteiger partial charge in [-0.25, -0.2) is 4.79 Å². The van der Waals surface area contributed by atoms with E-state index < -0.39 is 23.8 Å². The zero-order valence-electron chi connectivity index (χ0n) is 20.7. The fourth-order valence-corrected chi connectivity index (χ4v) is 4.25. The number of carboxylic acids is 1. The van der Waals surface area contributed by atoms with Gasteiger partial charge < -0.3 is 15.7 Å². The van der Waals surface area contributed by atoms with E-state index in [0.29, 0.717) is 32.9 Å². The quantitative estimate of drug-likeness (QED) is 0.201. The molecule has 2 aromatic heterocycles. The number of aromatic nitrogens is 6. The van der Waals surface area contributed by atoms with E-state index in [9.17, 15) is 19.5 Å². The van der Waals surface area contributed by atoms with E-state index in [-0.39, 0.29) is 12.1 Å². The van der Waals surface area contributed by atoms with Crippen molar-refractivity contribution in [2.24, 2.45) is 0 Å². The van der Waals surface area contributed by atoms with Crippen LogP contribution in [0.4, 0.5) is 5.69 Å². The SMILES string of the molecule is O=C(/C=C/c1cc(Cl)ccc1-n1cnnn1)N[C@@H](Cc1ccccc1)C(=O)Nc1ccc2[nH]nc(C(=O)O)c2c1. The van der Waals surface area contributed by atoms with Gasteiger partial charge in [-0.15, -0.1) is 5.10 Å². The van der Waals surface area contributed by atoms with Crippen LogP contribution in [0.3, 0.4) is 0 Å². The second kappa shape index (κ2) is 11.6. The van der Waals surface area contributed by atoms with E-state index in [1.54, 1.807) is 36.4 Å². The maximum atomic E-state index is 13.3.